The first-order valence-corrected chi connectivity index (χ1v) is 7.87. The summed E-state index contributed by atoms with van der Waals surface area (Å²) in [5.41, 5.74) is 1.35. The van der Waals surface area contributed by atoms with E-state index in [0.717, 1.165) is 17.7 Å². The number of nitrogens with zero attached hydrogens (tertiary/aromatic N) is 3. The number of amides is 1. The average molecular weight is 373 g/mol. The topological polar surface area (TPSA) is 70.7 Å². The zero-order valence-electron chi connectivity index (χ0n) is 14.1. The van der Waals surface area contributed by atoms with Crippen molar-refractivity contribution in [1.29, 1.82) is 0 Å². The molecule has 3 rings (SSSR count). The molecular weight excluding hydrogens is 359 g/mol. The molecule has 27 heavy (non-hydrogen) atoms. The number of carbonyl (C=O) groups excluding carboxylic acids is 1. The number of alkyl halides is 3. The lowest BCUT2D eigenvalue weighted by atomic mass is 9.93. The van der Waals surface area contributed by atoms with Gasteiger partial charge in [-0.05, 0) is 25.1 Å². The number of aromatic nitrogens is 1. The van der Waals surface area contributed by atoms with E-state index in [9.17, 15) is 18.0 Å². The maximum atomic E-state index is 13.1. The predicted molar refractivity (Wildman–Crippen MR) is 93.3 cm³/mol. The number of halogens is 3. The van der Waals surface area contributed by atoms with Gasteiger partial charge in [0.05, 0.1) is 17.8 Å². The molecular formula is C18H14F3N5O. The van der Waals surface area contributed by atoms with Crippen molar-refractivity contribution in [2.24, 2.45) is 5.10 Å². The van der Waals surface area contributed by atoms with Crippen LogP contribution in [0.15, 0.2) is 47.8 Å². The molecule has 0 spiro atoms. The molecule has 1 aliphatic rings. The van der Waals surface area contributed by atoms with Gasteiger partial charge in [-0.15, -0.1) is 0 Å². The van der Waals surface area contributed by atoms with Crippen LogP contribution >= 0.6 is 0 Å². The third-order valence-corrected chi connectivity index (χ3v) is 4.13. The van der Waals surface area contributed by atoms with Crippen LogP contribution in [0, 0.1) is 6.57 Å². The Morgan fingerprint density at radius 3 is 2.78 bits per heavy atom. The Hall–Kier alpha value is -3.41. The van der Waals surface area contributed by atoms with E-state index in [0.29, 0.717) is 5.71 Å². The summed E-state index contributed by atoms with van der Waals surface area (Å²) in [5.74, 6) is -0.533. The SMILES string of the molecule is [C-]#[N+]c1ccc(NC(=O)C2(C)CC(c3cccnc3)=NN2)cc1C(F)(F)F. The molecule has 6 nitrogen and oxygen atoms in total. The van der Waals surface area contributed by atoms with Gasteiger partial charge in [0.15, 0.2) is 5.69 Å². The number of hydrazone groups is 1. The van der Waals surface area contributed by atoms with Gasteiger partial charge in [-0.2, -0.15) is 18.3 Å². The minimum absolute atomic E-state index is 0.0439. The molecule has 1 amide bonds. The summed E-state index contributed by atoms with van der Waals surface area (Å²) in [6.45, 7) is 8.46. The molecule has 0 saturated heterocycles. The largest absolute Gasteiger partial charge is 0.407 e. The highest BCUT2D eigenvalue weighted by atomic mass is 19.4. The van der Waals surface area contributed by atoms with Gasteiger partial charge in [-0.25, -0.2) is 4.85 Å². The van der Waals surface area contributed by atoms with Gasteiger partial charge >= 0.3 is 6.18 Å². The summed E-state index contributed by atoms with van der Waals surface area (Å²) in [6, 6.07) is 6.60. The number of pyridine rings is 1. The minimum atomic E-state index is -4.69. The molecule has 1 aromatic carbocycles. The maximum absolute atomic E-state index is 13.1. The Labute approximate surface area is 152 Å². The van der Waals surface area contributed by atoms with Crippen LogP contribution in [0.1, 0.15) is 24.5 Å². The number of anilines is 1. The fourth-order valence-corrected chi connectivity index (χ4v) is 2.64. The highest BCUT2D eigenvalue weighted by molar-refractivity contribution is 6.08. The van der Waals surface area contributed by atoms with E-state index in [1.807, 2.05) is 0 Å². The maximum Gasteiger partial charge on any atom is 0.407 e. The van der Waals surface area contributed by atoms with Gasteiger partial charge in [0.2, 0.25) is 0 Å². The number of nitrogens with one attached hydrogen (secondary N) is 2. The van der Waals surface area contributed by atoms with E-state index >= 15 is 0 Å². The summed E-state index contributed by atoms with van der Waals surface area (Å²) in [7, 11) is 0. The van der Waals surface area contributed by atoms with Crippen molar-refractivity contribution in [3.63, 3.8) is 0 Å². The fraction of sp³-hybridized carbons (Fsp3) is 0.222. The van der Waals surface area contributed by atoms with Crippen LogP contribution in [0.25, 0.3) is 4.85 Å². The van der Waals surface area contributed by atoms with Crippen LogP contribution < -0.4 is 10.7 Å². The van der Waals surface area contributed by atoms with Crippen molar-refractivity contribution in [3.8, 4) is 0 Å². The Kier molecular flexibility index (Phi) is 4.57. The molecule has 1 aromatic heterocycles. The van der Waals surface area contributed by atoms with Crippen LogP contribution in [0.2, 0.25) is 0 Å². The summed E-state index contributed by atoms with van der Waals surface area (Å²) < 4.78 is 39.2. The third-order valence-electron chi connectivity index (χ3n) is 4.13. The Morgan fingerprint density at radius 1 is 1.37 bits per heavy atom. The number of hydrogen-bond donors (Lipinski definition) is 2. The van der Waals surface area contributed by atoms with E-state index in [1.54, 1.807) is 31.5 Å². The first-order valence-electron chi connectivity index (χ1n) is 7.87. The van der Waals surface area contributed by atoms with Gasteiger partial charge in [-0.3, -0.25) is 15.2 Å². The molecule has 1 unspecified atom stereocenters. The third kappa shape index (κ3) is 3.74. The summed E-state index contributed by atoms with van der Waals surface area (Å²) in [4.78, 5) is 19.5. The molecule has 1 aliphatic heterocycles. The number of rotatable bonds is 3. The van der Waals surface area contributed by atoms with Crippen LogP contribution in [0.3, 0.4) is 0 Å². The molecule has 0 radical (unpaired) electrons. The summed E-state index contributed by atoms with van der Waals surface area (Å²) in [6.07, 6.45) is -1.21. The normalized spacial score (nSPS) is 19.0. The lowest BCUT2D eigenvalue weighted by Gasteiger charge is -2.23. The van der Waals surface area contributed by atoms with Gasteiger partial charge in [0.25, 0.3) is 5.91 Å². The molecule has 0 fully saturated rings. The van der Waals surface area contributed by atoms with E-state index in [4.69, 9.17) is 6.57 Å². The first kappa shape index (κ1) is 18.4. The van der Waals surface area contributed by atoms with E-state index in [1.165, 1.54) is 6.07 Å². The van der Waals surface area contributed by atoms with Crippen LogP contribution in [0.4, 0.5) is 24.5 Å². The highest BCUT2D eigenvalue weighted by Crippen LogP contribution is 2.38. The van der Waals surface area contributed by atoms with Gasteiger partial charge in [-0.1, -0.05) is 12.1 Å². The Balaban J connectivity index is 1.78. The molecule has 138 valence electrons. The summed E-state index contributed by atoms with van der Waals surface area (Å²) >= 11 is 0. The van der Waals surface area contributed by atoms with E-state index in [-0.39, 0.29) is 12.1 Å². The number of benzene rings is 1. The van der Waals surface area contributed by atoms with Crippen LogP contribution in [0.5, 0.6) is 0 Å². The molecule has 0 saturated carbocycles. The second kappa shape index (κ2) is 6.72. The zero-order valence-corrected chi connectivity index (χ0v) is 14.1. The van der Waals surface area contributed by atoms with Crippen LogP contribution in [-0.2, 0) is 11.0 Å². The molecule has 2 heterocycles. The Bertz CT molecular complexity index is 950. The van der Waals surface area contributed by atoms with Crippen molar-refractivity contribution in [1.82, 2.24) is 10.4 Å². The molecule has 9 heteroatoms. The first-order chi connectivity index (χ1) is 12.7. The van der Waals surface area contributed by atoms with Gasteiger partial charge in [0.1, 0.15) is 5.54 Å². The number of hydrogen-bond acceptors (Lipinski definition) is 4. The van der Waals surface area contributed by atoms with Crippen molar-refractivity contribution in [2.45, 2.75) is 25.1 Å². The Morgan fingerprint density at radius 2 is 2.15 bits per heavy atom. The molecule has 1 atom stereocenters. The van der Waals surface area contributed by atoms with Crippen molar-refractivity contribution in [2.75, 3.05) is 5.32 Å². The van der Waals surface area contributed by atoms with Gasteiger partial charge < -0.3 is 5.32 Å². The standard InChI is InChI=1S/C18H14F3N5O/c1-17(9-15(25-26-17)11-4-3-7-23-10-11)16(27)24-12-5-6-14(22-2)13(8-12)18(19,20)21/h3-8,10,26H,9H2,1H3,(H,24,27). The van der Waals surface area contributed by atoms with Crippen molar-refractivity contribution >= 4 is 23.0 Å². The van der Waals surface area contributed by atoms with E-state index < -0.39 is 28.9 Å². The average Bonchev–Trinajstić information content (AvgIpc) is 3.05. The van der Waals surface area contributed by atoms with Gasteiger partial charge in [0, 0.05) is 30.1 Å². The van der Waals surface area contributed by atoms with Crippen molar-refractivity contribution < 1.29 is 18.0 Å². The molecule has 2 N–H and O–H groups in total. The predicted octanol–water partition coefficient (Wildman–Crippen LogP) is 3.75. The van der Waals surface area contributed by atoms with Crippen molar-refractivity contribution in [3.05, 3.63) is 65.3 Å². The highest BCUT2D eigenvalue weighted by Gasteiger charge is 2.39. The minimum Gasteiger partial charge on any atom is -0.324 e. The smallest absolute Gasteiger partial charge is 0.324 e. The zero-order chi connectivity index (χ0) is 19.7. The fourth-order valence-electron chi connectivity index (χ4n) is 2.64. The lowest BCUT2D eigenvalue weighted by Crippen LogP contribution is -2.47. The second-order valence-corrected chi connectivity index (χ2v) is 6.22. The lowest BCUT2D eigenvalue weighted by molar-refractivity contribution is -0.136. The molecule has 0 aliphatic carbocycles. The second-order valence-electron chi connectivity index (χ2n) is 6.22. The van der Waals surface area contributed by atoms with E-state index in [2.05, 4.69) is 25.7 Å². The quantitative estimate of drug-likeness (QED) is 0.805. The molecule has 0 bridgehead atoms. The summed E-state index contributed by atoms with van der Waals surface area (Å²) in [5, 5.41) is 6.62. The monoisotopic (exact) mass is 373 g/mol. The van der Waals surface area contributed by atoms with Crippen LogP contribution in [-0.4, -0.2) is 22.1 Å². The molecule has 2 aromatic rings. The number of carbonyl (C=O) groups is 1.